The Bertz CT molecular complexity index is 190. The van der Waals surface area contributed by atoms with Gasteiger partial charge in [-0.1, -0.05) is 64.6 Å². The van der Waals surface area contributed by atoms with Gasteiger partial charge in [0.2, 0.25) is 0 Å². The Balaban J connectivity index is 3.22. The number of ether oxygens (including phenoxy) is 1. The number of esters is 1. The SMILES string of the molecule is C=CC(=O)OCCCCCC([SiH3])(I)I. The molecule has 0 rings (SSSR count). The van der Waals surface area contributed by atoms with E-state index in [1.165, 1.54) is 29.2 Å². The molecule has 14 heavy (non-hydrogen) atoms. The number of rotatable bonds is 7. The van der Waals surface area contributed by atoms with Crippen LogP contribution in [0.5, 0.6) is 0 Å². The molecule has 0 aliphatic carbocycles. The van der Waals surface area contributed by atoms with Gasteiger partial charge in [-0.25, -0.2) is 4.79 Å². The van der Waals surface area contributed by atoms with E-state index in [0.29, 0.717) is 7.66 Å². The standard InChI is InChI=1S/C9H16I2O2Si/c1-2-8(12)13-7-5-3-4-6-9(10,11)14/h2H,1,3-7H2,14H3. The molecule has 0 aromatic rings. The van der Waals surface area contributed by atoms with Gasteiger partial charge in [-0.3, -0.25) is 0 Å². The number of hydrogen-bond acceptors (Lipinski definition) is 2. The summed E-state index contributed by atoms with van der Waals surface area (Å²) in [6, 6.07) is 0. The van der Waals surface area contributed by atoms with E-state index < -0.39 is 0 Å². The van der Waals surface area contributed by atoms with Gasteiger partial charge in [-0.15, -0.1) is 0 Å². The second-order valence-corrected chi connectivity index (χ2v) is 15.9. The van der Waals surface area contributed by atoms with Gasteiger partial charge in [0.15, 0.2) is 0 Å². The van der Waals surface area contributed by atoms with Crippen LogP contribution in [-0.4, -0.2) is 23.9 Å². The van der Waals surface area contributed by atoms with Crippen molar-refractivity contribution in [3.8, 4) is 0 Å². The highest BCUT2D eigenvalue weighted by Crippen LogP contribution is 2.29. The van der Waals surface area contributed by atoms with Crippen molar-refractivity contribution in [1.29, 1.82) is 0 Å². The van der Waals surface area contributed by atoms with Gasteiger partial charge in [0.05, 0.1) is 7.66 Å². The summed E-state index contributed by atoms with van der Waals surface area (Å²) in [6.07, 6.45) is 5.79. The molecule has 0 aliphatic heterocycles. The van der Waals surface area contributed by atoms with Crippen molar-refractivity contribution in [3.63, 3.8) is 0 Å². The lowest BCUT2D eigenvalue weighted by Crippen LogP contribution is -2.09. The molecule has 0 aromatic carbocycles. The summed E-state index contributed by atoms with van der Waals surface area (Å²) < 4.78 is 5.36. The van der Waals surface area contributed by atoms with Crippen LogP contribution in [0.3, 0.4) is 0 Å². The number of carbonyl (C=O) groups excluding carboxylic acids is 1. The Kier molecular flexibility index (Phi) is 8.60. The summed E-state index contributed by atoms with van der Waals surface area (Å²) in [7, 11) is 1.22. The first-order chi connectivity index (χ1) is 6.45. The monoisotopic (exact) mass is 438 g/mol. The molecule has 82 valence electrons. The zero-order valence-electron chi connectivity index (χ0n) is 8.39. The Morgan fingerprint density at radius 3 is 2.57 bits per heavy atom. The number of carbonyl (C=O) groups is 1. The van der Waals surface area contributed by atoms with E-state index in [4.69, 9.17) is 4.74 Å². The van der Waals surface area contributed by atoms with Crippen LogP contribution in [0, 0.1) is 0 Å². The molecule has 0 bridgehead atoms. The van der Waals surface area contributed by atoms with Gasteiger partial charge < -0.3 is 4.74 Å². The fourth-order valence-electron chi connectivity index (χ4n) is 0.946. The molecule has 5 heteroatoms. The summed E-state index contributed by atoms with van der Waals surface area (Å²) in [5.41, 5.74) is 0. The van der Waals surface area contributed by atoms with Gasteiger partial charge in [0.1, 0.15) is 0 Å². The Labute approximate surface area is 116 Å². The lowest BCUT2D eigenvalue weighted by atomic mass is 10.2. The summed E-state index contributed by atoms with van der Waals surface area (Å²) >= 11 is 5.01. The fourth-order valence-corrected chi connectivity index (χ4v) is 2.06. The maximum absolute atomic E-state index is 10.7. The number of hydrogen-bond donors (Lipinski definition) is 0. The Morgan fingerprint density at radius 1 is 1.43 bits per heavy atom. The van der Waals surface area contributed by atoms with Crippen molar-refractivity contribution < 1.29 is 9.53 Å². The minimum absolute atomic E-state index is 0.315. The van der Waals surface area contributed by atoms with Crippen LogP contribution in [0.4, 0.5) is 0 Å². The lowest BCUT2D eigenvalue weighted by Gasteiger charge is -2.13. The van der Waals surface area contributed by atoms with Crippen LogP contribution in [0.15, 0.2) is 12.7 Å². The molecule has 0 radical (unpaired) electrons. The predicted molar refractivity (Wildman–Crippen MR) is 80.3 cm³/mol. The molecular formula is C9H16I2O2Si. The van der Waals surface area contributed by atoms with Crippen LogP contribution in [-0.2, 0) is 9.53 Å². The zero-order valence-corrected chi connectivity index (χ0v) is 14.7. The van der Waals surface area contributed by atoms with Crippen LogP contribution in [0.1, 0.15) is 25.7 Å². The van der Waals surface area contributed by atoms with Crippen molar-refractivity contribution in [3.05, 3.63) is 12.7 Å². The van der Waals surface area contributed by atoms with Gasteiger partial charge in [0.25, 0.3) is 0 Å². The fraction of sp³-hybridized carbons (Fsp3) is 0.667. The molecule has 2 nitrogen and oxygen atoms in total. The predicted octanol–water partition coefficient (Wildman–Crippen LogP) is 2.17. The minimum Gasteiger partial charge on any atom is -0.463 e. The maximum Gasteiger partial charge on any atom is 0.330 e. The van der Waals surface area contributed by atoms with Crippen molar-refractivity contribution in [2.75, 3.05) is 6.61 Å². The van der Waals surface area contributed by atoms with Gasteiger partial charge >= 0.3 is 5.97 Å². The lowest BCUT2D eigenvalue weighted by molar-refractivity contribution is -0.137. The van der Waals surface area contributed by atoms with Gasteiger partial charge in [-0.2, -0.15) is 0 Å². The normalized spacial score (nSPS) is 11.3. The molecule has 0 fully saturated rings. The number of unbranched alkanes of at least 4 members (excludes halogenated alkanes) is 2. The average molecular weight is 438 g/mol. The number of halogens is 2. The molecule has 0 aliphatic rings. The highest BCUT2D eigenvalue weighted by Gasteiger charge is 2.13. The molecule has 0 amide bonds. The quantitative estimate of drug-likeness (QED) is 0.152. The highest BCUT2D eigenvalue weighted by atomic mass is 127. The summed E-state index contributed by atoms with van der Waals surface area (Å²) in [4.78, 5) is 10.7. The molecule has 0 unspecified atom stereocenters. The second-order valence-electron chi connectivity index (χ2n) is 3.25. The average Bonchev–Trinajstić information content (AvgIpc) is 2.08. The van der Waals surface area contributed by atoms with Crippen LogP contribution < -0.4 is 0 Å². The van der Waals surface area contributed by atoms with Crippen LogP contribution in [0.2, 0.25) is 0 Å². The second kappa shape index (κ2) is 8.09. The first-order valence-corrected chi connectivity index (χ1v) is 7.78. The van der Waals surface area contributed by atoms with E-state index in [9.17, 15) is 4.79 Å². The summed E-state index contributed by atoms with van der Waals surface area (Å²) in [6.45, 7) is 3.87. The van der Waals surface area contributed by atoms with E-state index >= 15 is 0 Å². The molecule has 0 N–H and O–H groups in total. The number of alkyl halides is 2. The minimum atomic E-state index is -0.315. The van der Waals surface area contributed by atoms with E-state index in [-0.39, 0.29) is 5.97 Å². The highest BCUT2D eigenvalue weighted by molar-refractivity contribution is 14.2. The van der Waals surface area contributed by atoms with Crippen molar-refractivity contribution in [2.45, 2.75) is 26.7 Å². The van der Waals surface area contributed by atoms with Crippen molar-refractivity contribution in [2.24, 2.45) is 0 Å². The van der Waals surface area contributed by atoms with Crippen LogP contribution in [0.25, 0.3) is 0 Å². The first-order valence-electron chi connectivity index (χ1n) is 4.63. The molecular weight excluding hydrogens is 422 g/mol. The van der Waals surface area contributed by atoms with Crippen molar-refractivity contribution >= 4 is 61.4 Å². The molecule has 0 heterocycles. The van der Waals surface area contributed by atoms with E-state index in [2.05, 4.69) is 51.8 Å². The summed E-state index contributed by atoms with van der Waals surface area (Å²) in [5, 5.41) is 0. The van der Waals surface area contributed by atoms with E-state index in [1.807, 2.05) is 0 Å². The molecule has 0 saturated carbocycles. The third-order valence-electron chi connectivity index (χ3n) is 1.67. The maximum atomic E-state index is 10.7. The van der Waals surface area contributed by atoms with Gasteiger partial charge in [0, 0.05) is 16.3 Å². The molecule has 0 aromatic heterocycles. The van der Waals surface area contributed by atoms with E-state index in [0.717, 1.165) is 12.8 Å². The van der Waals surface area contributed by atoms with Crippen molar-refractivity contribution in [1.82, 2.24) is 0 Å². The first kappa shape index (κ1) is 14.9. The van der Waals surface area contributed by atoms with E-state index in [1.54, 1.807) is 0 Å². The van der Waals surface area contributed by atoms with Crippen LogP contribution >= 0.6 is 45.2 Å². The van der Waals surface area contributed by atoms with Gasteiger partial charge in [-0.05, 0) is 12.8 Å². The zero-order chi connectivity index (χ0) is 11.0. The summed E-state index contributed by atoms with van der Waals surface area (Å²) in [5.74, 6) is -0.315. The molecule has 0 saturated heterocycles. The third kappa shape index (κ3) is 11.0. The Morgan fingerprint density at radius 2 is 2.07 bits per heavy atom. The largest absolute Gasteiger partial charge is 0.463 e. The Hall–Kier alpha value is 0.887. The third-order valence-corrected chi connectivity index (χ3v) is 3.25. The molecule has 0 atom stereocenters. The smallest absolute Gasteiger partial charge is 0.330 e. The topological polar surface area (TPSA) is 26.3 Å². The molecule has 0 spiro atoms.